The van der Waals surface area contributed by atoms with Crippen LogP contribution in [0.25, 0.3) is 11.3 Å². The van der Waals surface area contributed by atoms with E-state index in [1.54, 1.807) is 19.1 Å². The van der Waals surface area contributed by atoms with E-state index in [0.717, 1.165) is 17.7 Å². The molecule has 0 radical (unpaired) electrons. The number of aromatic nitrogens is 1. The molecule has 2 rings (SSSR count). The summed E-state index contributed by atoms with van der Waals surface area (Å²) in [5.41, 5.74) is 7.41. The third-order valence-electron chi connectivity index (χ3n) is 3.21. The largest absolute Gasteiger partial charge is 0.479 e. The van der Waals surface area contributed by atoms with Crippen LogP contribution in [0.5, 0.6) is 5.75 Å². The van der Waals surface area contributed by atoms with Crippen molar-refractivity contribution in [3.63, 3.8) is 0 Å². The Kier molecular flexibility index (Phi) is 5.38. The van der Waals surface area contributed by atoms with Crippen LogP contribution < -0.4 is 10.5 Å². The topological polar surface area (TPSA) is 74.4 Å². The van der Waals surface area contributed by atoms with Gasteiger partial charge in [-0.05, 0) is 44.5 Å². The molecule has 22 heavy (non-hydrogen) atoms. The van der Waals surface area contributed by atoms with Gasteiger partial charge >= 0.3 is 5.97 Å². The van der Waals surface area contributed by atoms with Gasteiger partial charge in [0.2, 0.25) is 0 Å². The molecule has 2 unspecified atom stereocenters. The molecule has 2 aromatic rings. The van der Waals surface area contributed by atoms with E-state index in [-0.39, 0.29) is 12.1 Å². The van der Waals surface area contributed by atoms with Crippen molar-refractivity contribution in [1.82, 2.24) is 4.98 Å². The van der Waals surface area contributed by atoms with Crippen LogP contribution in [0, 0.1) is 0 Å². The summed E-state index contributed by atoms with van der Waals surface area (Å²) >= 11 is 1.40. The molecular formula is C16H20N2O3S. The number of nitrogens with two attached hydrogens (primary N) is 1. The minimum absolute atomic E-state index is 0.101. The zero-order valence-corrected chi connectivity index (χ0v) is 13.7. The molecule has 5 nitrogen and oxygen atoms in total. The molecule has 2 atom stereocenters. The number of carbonyl (C=O) groups is 1. The maximum absolute atomic E-state index is 11.8. The molecule has 0 amide bonds. The number of anilines is 1. The lowest BCUT2D eigenvalue weighted by atomic mass is 10.2. The monoisotopic (exact) mass is 320 g/mol. The number of hydrogen-bond donors (Lipinski definition) is 1. The molecule has 0 aliphatic carbocycles. The van der Waals surface area contributed by atoms with Crippen molar-refractivity contribution < 1.29 is 14.3 Å². The highest BCUT2D eigenvalue weighted by molar-refractivity contribution is 7.13. The average molecular weight is 320 g/mol. The SMILES string of the molecule is CCC(C)OC(=O)C(C)Oc1ccc(-c2csc(N)n2)cc1. The second-order valence-electron chi connectivity index (χ2n) is 5.01. The van der Waals surface area contributed by atoms with Gasteiger partial charge in [-0.3, -0.25) is 0 Å². The van der Waals surface area contributed by atoms with Crippen LogP contribution in [-0.4, -0.2) is 23.2 Å². The summed E-state index contributed by atoms with van der Waals surface area (Å²) in [6.07, 6.45) is 0.0371. The van der Waals surface area contributed by atoms with Crippen LogP contribution in [0.4, 0.5) is 5.13 Å². The van der Waals surface area contributed by atoms with E-state index in [2.05, 4.69) is 4.98 Å². The highest BCUT2D eigenvalue weighted by Gasteiger charge is 2.18. The van der Waals surface area contributed by atoms with E-state index in [4.69, 9.17) is 15.2 Å². The molecule has 6 heteroatoms. The fourth-order valence-electron chi connectivity index (χ4n) is 1.75. The van der Waals surface area contributed by atoms with Crippen molar-refractivity contribution in [2.45, 2.75) is 39.4 Å². The first-order chi connectivity index (χ1) is 10.5. The minimum Gasteiger partial charge on any atom is -0.479 e. The van der Waals surface area contributed by atoms with E-state index in [0.29, 0.717) is 10.9 Å². The lowest BCUT2D eigenvalue weighted by Gasteiger charge is -2.17. The molecule has 0 aliphatic rings. The molecule has 118 valence electrons. The van der Waals surface area contributed by atoms with Crippen LogP contribution in [0.3, 0.4) is 0 Å². The minimum atomic E-state index is -0.644. The van der Waals surface area contributed by atoms with Gasteiger partial charge in [-0.15, -0.1) is 11.3 Å². The normalized spacial score (nSPS) is 13.4. The van der Waals surface area contributed by atoms with Gasteiger partial charge in [0, 0.05) is 10.9 Å². The number of ether oxygens (including phenoxy) is 2. The number of esters is 1. The van der Waals surface area contributed by atoms with Gasteiger partial charge in [0.15, 0.2) is 11.2 Å². The maximum Gasteiger partial charge on any atom is 0.347 e. The summed E-state index contributed by atoms with van der Waals surface area (Å²) in [7, 11) is 0. The lowest BCUT2D eigenvalue weighted by molar-refractivity contribution is -0.155. The van der Waals surface area contributed by atoms with E-state index in [1.165, 1.54) is 11.3 Å². The molecule has 1 heterocycles. The molecule has 0 saturated heterocycles. The summed E-state index contributed by atoms with van der Waals surface area (Å²) < 4.78 is 10.8. The second-order valence-corrected chi connectivity index (χ2v) is 5.90. The molecule has 1 aromatic carbocycles. The van der Waals surface area contributed by atoms with Gasteiger partial charge in [0.1, 0.15) is 5.75 Å². The van der Waals surface area contributed by atoms with Crippen molar-refractivity contribution in [3.05, 3.63) is 29.6 Å². The van der Waals surface area contributed by atoms with Gasteiger partial charge in [-0.25, -0.2) is 9.78 Å². The average Bonchev–Trinajstić information content (AvgIpc) is 2.94. The Morgan fingerprint density at radius 3 is 2.55 bits per heavy atom. The first-order valence-electron chi connectivity index (χ1n) is 7.18. The fourth-order valence-corrected chi connectivity index (χ4v) is 2.33. The Morgan fingerprint density at radius 1 is 1.32 bits per heavy atom. The van der Waals surface area contributed by atoms with Crippen molar-refractivity contribution in [2.75, 3.05) is 5.73 Å². The van der Waals surface area contributed by atoms with Gasteiger partial charge in [-0.1, -0.05) is 6.92 Å². The van der Waals surface area contributed by atoms with Crippen LogP contribution in [0.2, 0.25) is 0 Å². The fraction of sp³-hybridized carbons (Fsp3) is 0.375. The molecule has 0 fully saturated rings. The van der Waals surface area contributed by atoms with Crippen LogP contribution in [0.15, 0.2) is 29.6 Å². The van der Waals surface area contributed by atoms with Crippen molar-refractivity contribution in [3.8, 4) is 17.0 Å². The number of benzene rings is 1. The zero-order valence-electron chi connectivity index (χ0n) is 12.9. The van der Waals surface area contributed by atoms with Gasteiger partial charge in [0.05, 0.1) is 11.8 Å². The number of rotatable bonds is 6. The van der Waals surface area contributed by atoms with Crippen LogP contribution in [-0.2, 0) is 9.53 Å². The molecule has 0 bridgehead atoms. The number of hydrogen-bond acceptors (Lipinski definition) is 6. The van der Waals surface area contributed by atoms with Crippen LogP contribution in [0.1, 0.15) is 27.2 Å². The summed E-state index contributed by atoms with van der Waals surface area (Å²) in [6, 6.07) is 7.38. The third-order valence-corrected chi connectivity index (χ3v) is 3.88. The lowest BCUT2D eigenvalue weighted by Crippen LogP contribution is -2.29. The summed E-state index contributed by atoms with van der Waals surface area (Å²) in [5.74, 6) is 0.256. The summed E-state index contributed by atoms with van der Waals surface area (Å²) in [4.78, 5) is 16.1. The molecular weight excluding hydrogens is 300 g/mol. The van der Waals surface area contributed by atoms with E-state index in [9.17, 15) is 4.79 Å². The quantitative estimate of drug-likeness (QED) is 0.825. The highest BCUT2D eigenvalue weighted by atomic mass is 32.1. The van der Waals surface area contributed by atoms with Crippen molar-refractivity contribution >= 4 is 22.4 Å². The first-order valence-corrected chi connectivity index (χ1v) is 8.06. The Morgan fingerprint density at radius 2 is 2.00 bits per heavy atom. The molecule has 0 saturated carbocycles. The molecule has 2 N–H and O–H groups in total. The third kappa shape index (κ3) is 4.21. The Balaban J connectivity index is 1.97. The van der Waals surface area contributed by atoms with Crippen LogP contribution >= 0.6 is 11.3 Å². The van der Waals surface area contributed by atoms with E-state index < -0.39 is 6.10 Å². The first kappa shape index (κ1) is 16.3. The van der Waals surface area contributed by atoms with Gasteiger partial charge in [0.25, 0.3) is 0 Å². The Hall–Kier alpha value is -2.08. The molecule has 1 aromatic heterocycles. The molecule has 0 spiro atoms. The maximum atomic E-state index is 11.8. The van der Waals surface area contributed by atoms with Crippen molar-refractivity contribution in [1.29, 1.82) is 0 Å². The Labute approximate surface area is 134 Å². The Bertz CT molecular complexity index is 625. The number of carbonyl (C=O) groups excluding carboxylic acids is 1. The number of nitrogen functional groups attached to an aromatic ring is 1. The molecule has 0 aliphatic heterocycles. The van der Waals surface area contributed by atoms with E-state index in [1.807, 2.05) is 31.4 Å². The summed E-state index contributed by atoms with van der Waals surface area (Å²) in [6.45, 7) is 5.51. The number of thiazole rings is 1. The smallest absolute Gasteiger partial charge is 0.347 e. The van der Waals surface area contributed by atoms with E-state index >= 15 is 0 Å². The van der Waals surface area contributed by atoms with Crippen molar-refractivity contribution in [2.24, 2.45) is 0 Å². The van der Waals surface area contributed by atoms with Gasteiger partial charge in [-0.2, -0.15) is 0 Å². The zero-order chi connectivity index (χ0) is 16.1. The second kappa shape index (κ2) is 7.26. The number of nitrogens with zero attached hydrogens (tertiary/aromatic N) is 1. The highest BCUT2D eigenvalue weighted by Crippen LogP contribution is 2.25. The predicted molar refractivity (Wildman–Crippen MR) is 87.9 cm³/mol. The predicted octanol–water partition coefficient (Wildman–Crippen LogP) is 3.50. The van der Waals surface area contributed by atoms with Gasteiger partial charge < -0.3 is 15.2 Å². The summed E-state index contributed by atoms with van der Waals surface area (Å²) in [5, 5.41) is 2.44. The standard InChI is InChI=1S/C16H20N2O3S/c1-4-10(2)20-15(19)11(3)21-13-7-5-12(6-8-13)14-9-22-16(17)18-14/h5-11H,4H2,1-3H3,(H2,17,18).